The third-order valence-corrected chi connectivity index (χ3v) is 2.90. The van der Waals surface area contributed by atoms with Gasteiger partial charge in [-0.3, -0.25) is 18.7 Å². The van der Waals surface area contributed by atoms with E-state index in [-0.39, 0.29) is 36.8 Å². The number of carbonyl (C=O) groups is 1. The minimum atomic E-state index is -1.07. The number of ether oxygens (including phenoxy) is 1. The van der Waals surface area contributed by atoms with Crippen LogP contribution >= 0.6 is 0 Å². The maximum absolute atomic E-state index is 12.1. The summed E-state index contributed by atoms with van der Waals surface area (Å²) in [6.45, 7) is 0.142. The molecule has 0 bridgehead atoms. The third kappa shape index (κ3) is 2.79. The molecule has 21 heavy (non-hydrogen) atoms. The summed E-state index contributed by atoms with van der Waals surface area (Å²) in [4.78, 5) is 41.4. The molecule has 0 saturated heterocycles. The summed E-state index contributed by atoms with van der Waals surface area (Å²) in [5, 5.41) is 11.1. The molecule has 114 valence electrons. The number of carboxylic acid groups (broad SMARTS) is 1. The fourth-order valence-electron chi connectivity index (χ4n) is 1.86. The second-order valence-electron chi connectivity index (χ2n) is 4.32. The number of H-pyrrole nitrogens is 1. The normalized spacial score (nSPS) is 11.0. The van der Waals surface area contributed by atoms with Crippen molar-refractivity contribution in [1.29, 1.82) is 0 Å². The Morgan fingerprint density at radius 3 is 2.81 bits per heavy atom. The van der Waals surface area contributed by atoms with E-state index < -0.39 is 17.2 Å². The van der Waals surface area contributed by atoms with Gasteiger partial charge >= 0.3 is 11.7 Å². The summed E-state index contributed by atoms with van der Waals surface area (Å²) in [6, 6.07) is 0. The van der Waals surface area contributed by atoms with E-state index in [1.54, 1.807) is 0 Å². The lowest BCUT2D eigenvalue weighted by Gasteiger charge is -2.07. The molecule has 0 aliphatic rings. The van der Waals surface area contributed by atoms with Gasteiger partial charge in [-0.2, -0.15) is 4.98 Å². The zero-order chi connectivity index (χ0) is 15.6. The molecule has 2 aromatic heterocycles. The van der Waals surface area contributed by atoms with Gasteiger partial charge in [-0.05, 0) is 0 Å². The SMILES string of the molecule is COCCn1c(=O)n(C)c(=O)c2[nH]c(NCC(=O)O)nc21. The lowest BCUT2D eigenvalue weighted by atomic mass is 10.5. The number of anilines is 1. The number of nitrogens with zero attached hydrogens (tertiary/aromatic N) is 3. The largest absolute Gasteiger partial charge is 0.480 e. The smallest absolute Gasteiger partial charge is 0.332 e. The fraction of sp³-hybridized carbons (Fsp3) is 0.455. The highest BCUT2D eigenvalue weighted by Gasteiger charge is 2.15. The Kier molecular flexibility index (Phi) is 4.08. The first-order valence-electron chi connectivity index (χ1n) is 6.10. The molecule has 0 unspecified atom stereocenters. The molecule has 0 amide bonds. The first kappa shape index (κ1) is 14.8. The van der Waals surface area contributed by atoms with Crippen LogP contribution in [0.15, 0.2) is 9.59 Å². The summed E-state index contributed by atoms with van der Waals surface area (Å²) in [6.07, 6.45) is 0. The minimum Gasteiger partial charge on any atom is -0.480 e. The molecule has 0 aromatic carbocycles. The van der Waals surface area contributed by atoms with Crippen molar-refractivity contribution in [3.05, 3.63) is 20.8 Å². The summed E-state index contributed by atoms with van der Waals surface area (Å²) in [7, 11) is 2.85. The van der Waals surface area contributed by atoms with E-state index in [0.717, 1.165) is 4.57 Å². The van der Waals surface area contributed by atoms with Crippen LogP contribution in [-0.2, 0) is 23.1 Å². The van der Waals surface area contributed by atoms with Crippen LogP contribution in [0, 0.1) is 0 Å². The van der Waals surface area contributed by atoms with Crippen molar-refractivity contribution < 1.29 is 14.6 Å². The first-order valence-corrected chi connectivity index (χ1v) is 6.10. The summed E-state index contributed by atoms with van der Waals surface area (Å²) in [5.74, 6) is -0.957. The van der Waals surface area contributed by atoms with Gasteiger partial charge in [0.25, 0.3) is 5.56 Å². The number of aromatic nitrogens is 4. The molecule has 0 radical (unpaired) electrons. The van der Waals surface area contributed by atoms with E-state index in [9.17, 15) is 14.4 Å². The standard InChI is InChI=1S/C11H15N5O5/c1-15-9(19)7-8(16(11(15)20)3-4-21-2)14-10(13-7)12-5-6(17)18/h3-5H2,1-2H3,(H,17,18)(H2,12,13,14). The predicted octanol–water partition coefficient (Wildman–Crippen LogP) is -1.43. The molecule has 2 aromatic rings. The van der Waals surface area contributed by atoms with Gasteiger partial charge in [0.2, 0.25) is 5.95 Å². The van der Waals surface area contributed by atoms with E-state index in [4.69, 9.17) is 9.84 Å². The predicted molar refractivity (Wildman–Crippen MR) is 73.6 cm³/mol. The van der Waals surface area contributed by atoms with Gasteiger partial charge in [-0.25, -0.2) is 4.79 Å². The number of carboxylic acids is 1. The van der Waals surface area contributed by atoms with Crippen molar-refractivity contribution in [2.24, 2.45) is 7.05 Å². The van der Waals surface area contributed by atoms with E-state index in [1.807, 2.05) is 0 Å². The van der Waals surface area contributed by atoms with Gasteiger partial charge in [-0.1, -0.05) is 0 Å². The number of hydrogen-bond donors (Lipinski definition) is 3. The van der Waals surface area contributed by atoms with Crippen LogP contribution in [-0.4, -0.2) is 50.4 Å². The summed E-state index contributed by atoms with van der Waals surface area (Å²) in [5.41, 5.74) is -0.755. The van der Waals surface area contributed by atoms with Crippen LogP contribution in [0.4, 0.5) is 5.95 Å². The quantitative estimate of drug-likeness (QED) is 0.595. The lowest BCUT2D eigenvalue weighted by Crippen LogP contribution is -2.38. The van der Waals surface area contributed by atoms with Crippen LogP contribution in [0.25, 0.3) is 11.2 Å². The Balaban J connectivity index is 2.57. The van der Waals surface area contributed by atoms with Crippen molar-refractivity contribution in [1.82, 2.24) is 19.1 Å². The highest BCUT2D eigenvalue weighted by molar-refractivity contribution is 5.75. The summed E-state index contributed by atoms with van der Waals surface area (Å²) < 4.78 is 7.18. The monoisotopic (exact) mass is 297 g/mol. The molecule has 10 heteroatoms. The number of imidazole rings is 1. The molecule has 0 saturated carbocycles. The number of aromatic amines is 1. The molecule has 0 aliphatic heterocycles. The van der Waals surface area contributed by atoms with E-state index in [2.05, 4.69) is 15.3 Å². The molecule has 2 heterocycles. The van der Waals surface area contributed by atoms with Gasteiger partial charge < -0.3 is 20.1 Å². The number of aliphatic carboxylic acids is 1. The average Bonchev–Trinajstić information content (AvgIpc) is 2.87. The van der Waals surface area contributed by atoms with E-state index in [1.165, 1.54) is 18.7 Å². The maximum Gasteiger partial charge on any atom is 0.332 e. The summed E-state index contributed by atoms with van der Waals surface area (Å²) >= 11 is 0. The molecular weight excluding hydrogens is 282 g/mol. The van der Waals surface area contributed by atoms with E-state index >= 15 is 0 Å². The lowest BCUT2D eigenvalue weighted by molar-refractivity contribution is -0.134. The Hall–Kier alpha value is -2.62. The number of fused-ring (bicyclic) bond motifs is 1. The second kappa shape index (κ2) is 5.79. The molecule has 2 rings (SSSR count). The van der Waals surface area contributed by atoms with Crippen LogP contribution in [0.1, 0.15) is 0 Å². The third-order valence-electron chi connectivity index (χ3n) is 2.90. The molecule has 0 aliphatic carbocycles. The Labute approximate surface area is 118 Å². The van der Waals surface area contributed by atoms with Gasteiger partial charge in [0.05, 0.1) is 13.2 Å². The topological polar surface area (TPSA) is 131 Å². The molecule has 10 nitrogen and oxygen atoms in total. The average molecular weight is 297 g/mol. The van der Waals surface area contributed by atoms with Gasteiger partial charge in [0.15, 0.2) is 11.2 Å². The number of rotatable bonds is 6. The van der Waals surface area contributed by atoms with Crippen molar-refractivity contribution in [3.8, 4) is 0 Å². The fourth-order valence-corrected chi connectivity index (χ4v) is 1.86. The van der Waals surface area contributed by atoms with Crippen LogP contribution < -0.4 is 16.6 Å². The van der Waals surface area contributed by atoms with Crippen molar-refractivity contribution in [3.63, 3.8) is 0 Å². The minimum absolute atomic E-state index is 0.112. The maximum atomic E-state index is 12.1. The van der Waals surface area contributed by atoms with Gasteiger partial charge in [0.1, 0.15) is 6.54 Å². The van der Waals surface area contributed by atoms with Crippen LogP contribution in [0.3, 0.4) is 0 Å². The molecular formula is C11H15N5O5. The van der Waals surface area contributed by atoms with Gasteiger partial charge in [0, 0.05) is 14.2 Å². The zero-order valence-corrected chi connectivity index (χ0v) is 11.5. The number of methoxy groups -OCH3 is 1. The Morgan fingerprint density at radius 2 is 2.19 bits per heavy atom. The highest BCUT2D eigenvalue weighted by Crippen LogP contribution is 2.08. The zero-order valence-electron chi connectivity index (χ0n) is 11.5. The molecule has 0 atom stereocenters. The van der Waals surface area contributed by atoms with E-state index in [0.29, 0.717) is 0 Å². The molecule has 3 N–H and O–H groups in total. The Morgan fingerprint density at radius 1 is 1.48 bits per heavy atom. The molecule has 0 spiro atoms. The highest BCUT2D eigenvalue weighted by atomic mass is 16.5. The van der Waals surface area contributed by atoms with Crippen LogP contribution in [0.2, 0.25) is 0 Å². The van der Waals surface area contributed by atoms with Crippen molar-refractivity contribution in [2.45, 2.75) is 6.54 Å². The van der Waals surface area contributed by atoms with Gasteiger partial charge in [-0.15, -0.1) is 0 Å². The van der Waals surface area contributed by atoms with Crippen LogP contribution in [0.5, 0.6) is 0 Å². The first-order chi connectivity index (χ1) is 9.95. The van der Waals surface area contributed by atoms with Crippen molar-refractivity contribution in [2.75, 3.05) is 25.6 Å². The number of nitrogens with one attached hydrogen (secondary N) is 2. The van der Waals surface area contributed by atoms with Crippen molar-refractivity contribution >= 4 is 23.1 Å². The second-order valence-corrected chi connectivity index (χ2v) is 4.32. The molecule has 0 fully saturated rings. The number of hydrogen-bond acceptors (Lipinski definition) is 6. The Bertz CT molecular complexity index is 787.